The average Bonchev–Trinajstić information content (AvgIpc) is 3.34. The Morgan fingerprint density at radius 2 is 2.00 bits per heavy atom. The highest BCUT2D eigenvalue weighted by Crippen LogP contribution is 2.42. The highest BCUT2D eigenvalue weighted by molar-refractivity contribution is 8.02. The minimum absolute atomic E-state index is 0.00336. The molecule has 6 heteroatoms. The number of amides is 1. The van der Waals surface area contributed by atoms with Crippen LogP contribution in [0.15, 0.2) is 60.0 Å². The minimum Gasteiger partial charge on any atom is -0.399 e. The van der Waals surface area contributed by atoms with Crippen LogP contribution >= 0.6 is 11.8 Å². The van der Waals surface area contributed by atoms with Gasteiger partial charge in [0.25, 0.3) is 0 Å². The first kappa shape index (κ1) is 20.8. The summed E-state index contributed by atoms with van der Waals surface area (Å²) in [5, 5.41) is 5.36. The number of rotatable bonds is 6. The lowest BCUT2D eigenvalue weighted by molar-refractivity contribution is -0.116. The number of nitrogen functional groups attached to an aromatic ring is 1. The molecule has 1 atom stereocenters. The minimum atomic E-state index is -0.00336. The smallest absolute Gasteiger partial charge is 0.225 e. The lowest BCUT2D eigenvalue weighted by atomic mass is 9.91. The number of carbonyl (C=O) groups excluding carboxylic acids is 1. The van der Waals surface area contributed by atoms with Gasteiger partial charge in [0.2, 0.25) is 5.91 Å². The lowest BCUT2D eigenvalue weighted by Gasteiger charge is -2.22. The van der Waals surface area contributed by atoms with Crippen LogP contribution < -0.4 is 11.1 Å². The molecule has 5 nitrogen and oxygen atoms in total. The first-order valence-electron chi connectivity index (χ1n) is 11.1. The summed E-state index contributed by atoms with van der Waals surface area (Å²) in [6.07, 6.45) is 6.88. The van der Waals surface area contributed by atoms with Crippen molar-refractivity contribution in [3.8, 4) is 11.3 Å². The highest BCUT2D eigenvalue weighted by atomic mass is 32.2. The number of fused-ring (bicyclic) bond motifs is 3. The molecular formula is C26H26N4OS. The van der Waals surface area contributed by atoms with Crippen LogP contribution in [0.5, 0.6) is 0 Å². The number of carbonyl (C=O) groups is 1. The van der Waals surface area contributed by atoms with Crippen molar-refractivity contribution < 1.29 is 4.79 Å². The van der Waals surface area contributed by atoms with E-state index in [1.54, 1.807) is 11.8 Å². The van der Waals surface area contributed by atoms with Crippen molar-refractivity contribution in [3.05, 3.63) is 82.5 Å². The molecule has 2 aromatic carbocycles. The summed E-state index contributed by atoms with van der Waals surface area (Å²) in [5.74, 6) is 0.616. The van der Waals surface area contributed by atoms with Crippen molar-refractivity contribution in [2.45, 2.75) is 43.8 Å². The summed E-state index contributed by atoms with van der Waals surface area (Å²) in [7, 11) is 0. The number of hydrogen-bond acceptors (Lipinski definition) is 5. The van der Waals surface area contributed by atoms with Gasteiger partial charge in [-0.2, -0.15) is 0 Å². The molecule has 32 heavy (non-hydrogen) atoms. The van der Waals surface area contributed by atoms with Gasteiger partial charge in [-0.25, -0.2) is 9.97 Å². The summed E-state index contributed by atoms with van der Waals surface area (Å²) in [6.45, 7) is 0. The zero-order valence-electron chi connectivity index (χ0n) is 17.9. The molecule has 0 fully saturated rings. The van der Waals surface area contributed by atoms with Gasteiger partial charge in [-0.15, -0.1) is 11.8 Å². The van der Waals surface area contributed by atoms with E-state index in [9.17, 15) is 4.79 Å². The molecule has 0 spiro atoms. The largest absolute Gasteiger partial charge is 0.399 e. The first-order chi connectivity index (χ1) is 15.7. The van der Waals surface area contributed by atoms with Crippen molar-refractivity contribution in [2.24, 2.45) is 0 Å². The molecule has 1 amide bonds. The van der Waals surface area contributed by atoms with E-state index in [1.165, 1.54) is 11.1 Å². The molecule has 3 aromatic rings. The molecule has 2 aliphatic rings. The van der Waals surface area contributed by atoms with Crippen molar-refractivity contribution in [3.63, 3.8) is 0 Å². The molecule has 0 saturated carbocycles. The third kappa shape index (κ3) is 4.41. The van der Waals surface area contributed by atoms with Gasteiger partial charge in [-0.3, -0.25) is 4.79 Å². The predicted molar refractivity (Wildman–Crippen MR) is 131 cm³/mol. The highest BCUT2D eigenvalue weighted by Gasteiger charge is 2.27. The van der Waals surface area contributed by atoms with E-state index in [1.807, 2.05) is 36.4 Å². The molecule has 0 radical (unpaired) electrons. The molecule has 162 valence electrons. The molecule has 2 heterocycles. The van der Waals surface area contributed by atoms with Gasteiger partial charge < -0.3 is 11.1 Å². The summed E-state index contributed by atoms with van der Waals surface area (Å²) >= 11 is 1.73. The summed E-state index contributed by atoms with van der Waals surface area (Å²) in [4.78, 5) is 22.7. The Morgan fingerprint density at radius 1 is 1.12 bits per heavy atom. The van der Waals surface area contributed by atoms with Gasteiger partial charge in [0.05, 0.1) is 22.3 Å². The van der Waals surface area contributed by atoms with Crippen LogP contribution in [0.1, 0.15) is 47.0 Å². The van der Waals surface area contributed by atoms with Crippen LogP contribution in [0.4, 0.5) is 11.5 Å². The maximum absolute atomic E-state index is 12.8. The second-order valence-electron chi connectivity index (χ2n) is 8.29. The van der Waals surface area contributed by atoms with Crippen LogP contribution in [-0.2, 0) is 24.1 Å². The first-order valence-corrected chi connectivity index (χ1v) is 12.1. The van der Waals surface area contributed by atoms with E-state index in [0.29, 0.717) is 12.2 Å². The Morgan fingerprint density at radius 3 is 2.81 bits per heavy atom. The number of allylic oxidation sites excluding steroid dienone is 1. The normalized spacial score (nSPS) is 16.4. The summed E-state index contributed by atoms with van der Waals surface area (Å²) < 4.78 is 0. The third-order valence-corrected chi connectivity index (χ3v) is 7.07. The molecule has 1 aliphatic carbocycles. The molecule has 5 rings (SSSR count). The number of aryl methyl sites for hydroxylation is 3. The molecular weight excluding hydrogens is 416 g/mol. The van der Waals surface area contributed by atoms with Gasteiger partial charge in [0.15, 0.2) is 5.82 Å². The number of aromatic nitrogens is 2. The Bertz CT molecular complexity index is 1170. The van der Waals surface area contributed by atoms with Crippen LogP contribution in [0, 0.1) is 0 Å². The number of anilines is 2. The monoisotopic (exact) mass is 442 g/mol. The zero-order valence-corrected chi connectivity index (χ0v) is 18.7. The molecule has 0 bridgehead atoms. The second-order valence-corrected chi connectivity index (χ2v) is 9.40. The molecule has 3 N–H and O–H groups in total. The summed E-state index contributed by atoms with van der Waals surface area (Å²) in [6, 6.07) is 16.3. The predicted octanol–water partition coefficient (Wildman–Crippen LogP) is 5.48. The van der Waals surface area contributed by atoms with E-state index in [4.69, 9.17) is 15.7 Å². The fourth-order valence-corrected chi connectivity index (χ4v) is 5.27. The van der Waals surface area contributed by atoms with Gasteiger partial charge in [0.1, 0.15) is 0 Å². The van der Waals surface area contributed by atoms with Crippen LogP contribution in [0.2, 0.25) is 0 Å². The van der Waals surface area contributed by atoms with E-state index in [-0.39, 0.29) is 11.2 Å². The Balaban J connectivity index is 1.38. The number of nitrogens with two attached hydrogens (primary N) is 1. The Kier molecular flexibility index (Phi) is 5.95. The van der Waals surface area contributed by atoms with Crippen LogP contribution in [0.3, 0.4) is 0 Å². The number of thioether (sulfide) groups is 1. The van der Waals surface area contributed by atoms with Crippen molar-refractivity contribution >= 4 is 29.2 Å². The Hall–Kier alpha value is -3.12. The van der Waals surface area contributed by atoms with Gasteiger partial charge in [-0.1, -0.05) is 42.5 Å². The second kappa shape index (κ2) is 9.17. The molecule has 1 unspecified atom stereocenters. The number of nitrogens with one attached hydrogen (secondary N) is 1. The van der Waals surface area contributed by atoms with Gasteiger partial charge >= 0.3 is 0 Å². The fraction of sp³-hybridized carbons (Fsp3) is 0.269. The van der Waals surface area contributed by atoms with Crippen LogP contribution in [-0.4, -0.2) is 15.9 Å². The van der Waals surface area contributed by atoms with Crippen molar-refractivity contribution in [2.75, 3.05) is 11.1 Å². The topological polar surface area (TPSA) is 80.9 Å². The van der Waals surface area contributed by atoms with Crippen LogP contribution in [0.25, 0.3) is 11.3 Å². The van der Waals surface area contributed by atoms with E-state index in [2.05, 4.69) is 28.9 Å². The maximum Gasteiger partial charge on any atom is 0.225 e. The molecule has 0 saturated heterocycles. The number of benzene rings is 2. The van der Waals surface area contributed by atoms with E-state index >= 15 is 0 Å². The fourth-order valence-electron chi connectivity index (χ4n) is 4.35. The number of hydrogen-bond donors (Lipinski definition) is 2. The molecule has 1 aromatic heterocycles. The van der Waals surface area contributed by atoms with Crippen molar-refractivity contribution in [1.82, 2.24) is 9.97 Å². The third-order valence-electron chi connectivity index (χ3n) is 5.97. The lowest BCUT2D eigenvalue weighted by Crippen LogP contribution is -2.19. The zero-order chi connectivity index (χ0) is 21.9. The standard InChI is InChI=1S/C26H26N4OS/c27-19-12-13-20-18(16-19)11-14-21-24(20)30-25(22-9-5-15-32-22)26(28-21)29-23(31)10-4-8-17-6-2-1-3-7-17/h1-3,5-7,12-13,15-16,22H,4,8-11,14,27H2,(H,28,29,31). The van der Waals surface area contributed by atoms with E-state index < -0.39 is 0 Å². The van der Waals surface area contributed by atoms with Gasteiger partial charge in [0, 0.05) is 17.7 Å². The van der Waals surface area contributed by atoms with E-state index in [0.717, 1.165) is 60.4 Å². The van der Waals surface area contributed by atoms with Gasteiger partial charge in [-0.05, 0) is 60.8 Å². The average molecular weight is 443 g/mol. The maximum atomic E-state index is 12.8. The Labute approximate surface area is 192 Å². The summed E-state index contributed by atoms with van der Waals surface area (Å²) in [5.41, 5.74) is 13.1. The molecule has 1 aliphatic heterocycles. The van der Waals surface area contributed by atoms with Crippen molar-refractivity contribution in [1.29, 1.82) is 0 Å². The quantitative estimate of drug-likeness (QED) is 0.494. The SMILES string of the molecule is Nc1ccc2c(c1)CCc1nc(NC(=O)CCCc3ccccc3)c(C3CC=CS3)nc1-2. The number of nitrogens with zero attached hydrogens (tertiary/aromatic N) is 2.